The molecule has 1 aromatic carbocycles. The molecule has 0 unspecified atom stereocenters. The maximum atomic E-state index is 5.84. The van der Waals surface area contributed by atoms with E-state index in [9.17, 15) is 0 Å². The van der Waals surface area contributed by atoms with Crippen LogP contribution in [0.15, 0.2) is 30.6 Å². The molecule has 0 aliphatic carbocycles. The number of benzene rings is 1. The Morgan fingerprint density at radius 2 is 1.95 bits per heavy atom. The van der Waals surface area contributed by atoms with Crippen LogP contribution in [0.2, 0.25) is 0 Å². The van der Waals surface area contributed by atoms with Gasteiger partial charge in [0.05, 0.1) is 12.9 Å². The van der Waals surface area contributed by atoms with Gasteiger partial charge in [-0.05, 0) is 11.1 Å². The standard InChI is InChI=1S/C13H13ClN6/c14-5-8-2-1-3-9(4-8)6-20-7-17-10-11(15)18-13(16)19-12(10)20/h1-4,7H,5-6H2,(H4,15,16,18,19). The van der Waals surface area contributed by atoms with Gasteiger partial charge in [-0.3, -0.25) is 0 Å². The van der Waals surface area contributed by atoms with Gasteiger partial charge in [-0.15, -0.1) is 11.6 Å². The SMILES string of the molecule is Nc1nc(N)c2ncn(Cc3cccc(CCl)c3)c2n1. The first kappa shape index (κ1) is 12.7. The molecule has 2 aromatic heterocycles. The van der Waals surface area contributed by atoms with Crippen LogP contribution in [0.3, 0.4) is 0 Å². The monoisotopic (exact) mass is 288 g/mol. The van der Waals surface area contributed by atoms with Gasteiger partial charge >= 0.3 is 0 Å². The molecule has 0 fully saturated rings. The highest BCUT2D eigenvalue weighted by Crippen LogP contribution is 2.18. The van der Waals surface area contributed by atoms with Crippen molar-refractivity contribution < 1.29 is 0 Å². The molecule has 7 heteroatoms. The summed E-state index contributed by atoms with van der Waals surface area (Å²) in [5.41, 5.74) is 14.8. The van der Waals surface area contributed by atoms with Gasteiger partial charge in [-0.1, -0.05) is 24.3 Å². The summed E-state index contributed by atoms with van der Waals surface area (Å²) in [6.45, 7) is 0.622. The van der Waals surface area contributed by atoms with E-state index < -0.39 is 0 Å². The summed E-state index contributed by atoms with van der Waals surface area (Å²) in [5, 5.41) is 0. The van der Waals surface area contributed by atoms with E-state index in [0.29, 0.717) is 29.4 Å². The second-order valence-electron chi connectivity index (χ2n) is 4.47. The predicted octanol–water partition coefficient (Wildman–Crippen LogP) is 1.78. The van der Waals surface area contributed by atoms with Crippen LogP contribution < -0.4 is 11.5 Å². The number of alkyl halides is 1. The van der Waals surface area contributed by atoms with Crippen LogP contribution in [-0.4, -0.2) is 19.5 Å². The van der Waals surface area contributed by atoms with Crippen molar-refractivity contribution in [1.29, 1.82) is 0 Å². The predicted molar refractivity (Wildman–Crippen MR) is 79.2 cm³/mol. The highest BCUT2D eigenvalue weighted by atomic mass is 35.5. The van der Waals surface area contributed by atoms with Gasteiger partial charge in [0.1, 0.15) is 5.52 Å². The van der Waals surface area contributed by atoms with Crippen LogP contribution in [0.4, 0.5) is 11.8 Å². The van der Waals surface area contributed by atoms with E-state index in [1.54, 1.807) is 6.33 Å². The van der Waals surface area contributed by atoms with E-state index in [-0.39, 0.29) is 5.95 Å². The van der Waals surface area contributed by atoms with E-state index in [2.05, 4.69) is 15.0 Å². The molecule has 2 heterocycles. The van der Waals surface area contributed by atoms with E-state index in [1.165, 1.54) is 0 Å². The number of rotatable bonds is 3. The second-order valence-corrected chi connectivity index (χ2v) is 4.73. The zero-order chi connectivity index (χ0) is 14.1. The van der Waals surface area contributed by atoms with Crippen LogP contribution >= 0.6 is 11.6 Å². The minimum Gasteiger partial charge on any atom is -0.382 e. The highest BCUT2D eigenvalue weighted by molar-refractivity contribution is 6.17. The smallest absolute Gasteiger partial charge is 0.224 e. The minimum atomic E-state index is 0.145. The molecule has 102 valence electrons. The third-order valence-corrected chi connectivity index (χ3v) is 3.32. The molecule has 0 saturated carbocycles. The molecular formula is C13H13ClN6. The van der Waals surface area contributed by atoms with Crippen LogP contribution in [0.5, 0.6) is 0 Å². The Kier molecular flexibility index (Phi) is 3.15. The van der Waals surface area contributed by atoms with Gasteiger partial charge in [-0.2, -0.15) is 9.97 Å². The lowest BCUT2D eigenvalue weighted by atomic mass is 10.1. The fourth-order valence-corrected chi connectivity index (χ4v) is 2.27. The molecule has 0 spiro atoms. The Hall–Kier alpha value is -2.34. The molecule has 3 rings (SSSR count). The van der Waals surface area contributed by atoms with Crippen LogP contribution in [0.1, 0.15) is 11.1 Å². The number of hydrogen-bond donors (Lipinski definition) is 2. The largest absolute Gasteiger partial charge is 0.382 e. The van der Waals surface area contributed by atoms with Crippen molar-refractivity contribution in [2.45, 2.75) is 12.4 Å². The third kappa shape index (κ3) is 2.25. The molecule has 6 nitrogen and oxygen atoms in total. The van der Waals surface area contributed by atoms with Gasteiger partial charge in [0.25, 0.3) is 0 Å². The van der Waals surface area contributed by atoms with Crippen LogP contribution in [0, 0.1) is 0 Å². The first-order valence-corrected chi connectivity index (χ1v) is 6.58. The summed E-state index contributed by atoms with van der Waals surface area (Å²) < 4.78 is 1.89. The Morgan fingerprint density at radius 1 is 1.15 bits per heavy atom. The average molecular weight is 289 g/mol. The number of halogens is 1. The number of anilines is 2. The Morgan fingerprint density at radius 3 is 2.75 bits per heavy atom. The molecule has 0 saturated heterocycles. The molecule has 0 bridgehead atoms. The quantitative estimate of drug-likeness (QED) is 0.716. The Labute approximate surface area is 120 Å². The number of aromatic nitrogens is 4. The third-order valence-electron chi connectivity index (χ3n) is 3.01. The van der Waals surface area contributed by atoms with Crippen molar-refractivity contribution in [2.75, 3.05) is 11.5 Å². The molecule has 0 aliphatic rings. The minimum absolute atomic E-state index is 0.145. The fourth-order valence-electron chi connectivity index (χ4n) is 2.11. The molecule has 20 heavy (non-hydrogen) atoms. The highest BCUT2D eigenvalue weighted by Gasteiger charge is 2.10. The van der Waals surface area contributed by atoms with Crippen LogP contribution in [-0.2, 0) is 12.4 Å². The summed E-state index contributed by atoms with van der Waals surface area (Å²) in [6, 6.07) is 8.03. The maximum Gasteiger partial charge on any atom is 0.224 e. The fraction of sp³-hybridized carbons (Fsp3) is 0.154. The van der Waals surface area contributed by atoms with Gasteiger partial charge in [0.15, 0.2) is 11.5 Å². The first-order chi connectivity index (χ1) is 9.67. The zero-order valence-electron chi connectivity index (χ0n) is 10.6. The molecule has 0 aliphatic heterocycles. The molecular weight excluding hydrogens is 276 g/mol. The van der Waals surface area contributed by atoms with Gasteiger partial charge in [0, 0.05) is 5.88 Å². The van der Waals surface area contributed by atoms with Crippen molar-refractivity contribution in [3.63, 3.8) is 0 Å². The summed E-state index contributed by atoms with van der Waals surface area (Å²) in [5.74, 6) is 0.924. The molecule has 0 radical (unpaired) electrons. The number of nitrogens with zero attached hydrogens (tertiary/aromatic N) is 4. The first-order valence-electron chi connectivity index (χ1n) is 6.05. The van der Waals surface area contributed by atoms with Gasteiger partial charge in [0.2, 0.25) is 5.95 Å². The zero-order valence-corrected chi connectivity index (χ0v) is 11.4. The van der Waals surface area contributed by atoms with Crippen molar-refractivity contribution in [1.82, 2.24) is 19.5 Å². The number of hydrogen-bond acceptors (Lipinski definition) is 5. The number of fused-ring (bicyclic) bond motifs is 1. The molecule has 0 amide bonds. The molecule has 3 aromatic rings. The molecule has 0 atom stereocenters. The molecule has 4 N–H and O–H groups in total. The van der Waals surface area contributed by atoms with Crippen molar-refractivity contribution >= 4 is 34.5 Å². The average Bonchev–Trinajstić information content (AvgIpc) is 2.82. The normalized spacial score (nSPS) is 11.1. The summed E-state index contributed by atoms with van der Waals surface area (Å²) in [4.78, 5) is 12.3. The summed E-state index contributed by atoms with van der Waals surface area (Å²) in [7, 11) is 0. The number of imidazole rings is 1. The Bertz CT molecular complexity index is 767. The van der Waals surface area contributed by atoms with Gasteiger partial charge < -0.3 is 16.0 Å². The van der Waals surface area contributed by atoms with E-state index in [4.69, 9.17) is 23.1 Å². The lowest BCUT2D eigenvalue weighted by Crippen LogP contribution is -2.04. The van der Waals surface area contributed by atoms with Crippen molar-refractivity contribution in [2.24, 2.45) is 0 Å². The van der Waals surface area contributed by atoms with Crippen molar-refractivity contribution in [3.05, 3.63) is 41.7 Å². The number of nitrogen functional groups attached to an aromatic ring is 2. The Balaban J connectivity index is 2.02. The lowest BCUT2D eigenvalue weighted by molar-refractivity contribution is 0.813. The van der Waals surface area contributed by atoms with Crippen molar-refractivity contribution in [3.8, 4) is 0 Å². The van der Waals surface area contributed by atoms with E-state index >= 15 is 0 Å². The lowest BCUT2D eigenvalue weighted by Gasteiger charge is -2.06. The topological polar surface area (TPSA) is 95.6 Å². The van der Waals surface area contributed by atoms with Gasteiger partial charge in [-0.25, -0.2) is 4.98 Å². The van der Waals surface area contributed by atoms with Crippen LogP contribution in [0.25, 0.3) is 11.2 Å². The van der Waals surface area contributed by atoms with E-state index in [0.717, 1.165) is 11.1 Å². The second kappa shape index (κ2) is 4.97. The number of nitrogens with two attached hydrogens (primary N) is 2. The summed E-state index contributed by atoms with van der Waals surface area (Å²) in [6.07, 6.45) is 1.68. The van der Waals surface area contributed by atoms with E-state index in [1.807, 2.05) is 28.8 Å². The maximum absolute atomic E-state index is 5.84. The summed E-state index contributed by atoms with van der Waals surface area (Å²) >= 11 is 5.84.